The van der Waals surface area contributed by atoms with Gasteiger partial charge in [0.1, 0.15) is 11.5 Å². The van der Waals surface area contributed by atoms with Gasteiger partial charge in [-0.05, 0) is 34.1 Å². The van der Waals surface area contributed by atoms with Crippen molar-refractivity contribution in [3.05, 3.63) is 46.7 Å². The van der Waals surface area contributed by atoms with Gasteiger partial charge in [0, 0.05) is 22.9 Å². The third kappa shape index (κ3) is 3.03. The molecular formula is C14H9BrN2O4. The van der Waals surface area contributed by atoms with Crippen LogP contribution >= 0.6 is 15.9 Å². The summed E-state index contributed by atoms with van der Waals surface area (Å²) in [7, 11) is 0. The number of esters is 1. The maximum Gasteiger partial charge on any atom is 0.345 e. The molecule has 0 spiro atoms. The summed E-state index contributed by atoms with van der Waals surface area (Å²) in [5.74, 6) is 0.0667. The first kappa shape index (κ1) is 13.6. The van der Waals surface area contributed by atoms with Crippen LogP contribution in [0.3, 0.4) is 0 Å². The summed E-state index contributed by atoms with van der Waals surface area (Å²) in [4.78, 5) is 27.2. The minimum atomic E-state index is -0.535. The van der Waals surface area contributed by atoms with Gasteiger partial charge in [-0.25, -0.2) is 4.79 Å². The van der Waals surface area contributed by atoms with Crippen LogP contribution in [0.5, 0.6) is 11.5 Å². The Balaban J connectivity index is 1.80. The third-order valence-electron chi connectivity index (χ3n) is 2.74. The fourth-order valence-electron chi connectivity index (χ4n) is 1.82. The monoisotopic (exact) mass is 348 g/mol. The smallest absolute Gasteiger partial charge is 0.345 e. The number of carbonyl (C=O) groups is 2. The summed E-state index contributed by atoms with van der Waals surface area (Å²) in [6.45, 7) is -0.0180. The number of anilines is 1. The fraction of sp³-hybridized carbons (Fsp3) is 0.0714. The average Bonchev–Trinajstić information content (AvgIpc) is 2.46. The highest BCUT2D eigenvalue weighted by Crippen LogP contribution is 2.31. The van der Waals surface area contributed by atoms with Crippen LogP contribution in [0.15, 0.2) is 41.1 Å². The summed E-state index contributed by atoms with van der Waals surface area (Å²) < 4.78 is 11.2. The Kier molecular flexibility index (Phi) is 3.57. The Morgan fingerprint density at radius 2 is 2.19 bits per heavy atom. The lowest BCUT2D eigenvalue weighted by molar-refractivity contribution is -0.118. The van der Waals surface area contributed by atoms with Crippen molar-refractivity contribution >= 4 is 33.5 Å². The molecule has 106 valence electrons. The summed E-state index contributed by atoms with van der Waals surface area (Å²) >= 11 is 3.24. The molecule has 7 heteroatoms. The SMILES string of the molecule is O=C1COc2ccc(OC(=O)c3cncc(Br)c3)cc2N1. The summed E-state index contributed by atoms with van der Waals surface area (Å²) in [6, 6.07) is 6.38. The van der Waals surface area contributed by atoms with Crippen molar-refractivity contribution in [2.75, 3.05) is 11.9 Å². The first-order valence-electron chi connectivity index (χ1n) is 6.01. The quantitative estimate of drug-likeness (QED) is 0.666. The largest absolute Gasteiger partial charge is 0.482 e. The molecule has 3 rings (SSSR count). The number of benzene rings is 1. The molecule has 1 aromatic carbocycles. The summed E-state index contributed by atoms with van der Waals surface area (Å²) in [5, 5.41) is 2.65. The zero-order chi connectivity index (χ0) is 14.8. The highest BCUT2D eigenvalue weighted by Gasteiger charge is 2.17. The number of rotatable bonds is 2. The number of pyridine rings is 1. The van der Waals surface area contributed by atoms with Gasteiger partial charge < -0.3 is 14.8 Å². The zero-order valence-corrected chi connectivity index (χ0v) is 12.2. The number of amides is 1. The van der Waals surface area contributed by atoms with Crippen molar-refractivity contribution in [1.82, 2.24) is 4.98 Å². The second-order valence-corrected chi connectivity index (χ2v) is 5.19. The van der Waals surface area contributed by atoms with E-state index < -0.39 is 5.97 Å². The van der Waals surface area contributed by atoms with Gasteiger partial charge in [0.05, 0.1) is 11.3 Å². The molecule has 1 N–H and O–H groups in total. The first-order chi connectivity index (χ1) is 10.1. The molecule has 2 aromatic rings. The number of fused-ring (bicyclic) bond motifs is 1. The normalized spacial score (nSPS) is 12.9. The lowest BCUT2D eigenvalue weighted by Crippen LogP contribution is -2.25. The Morgan fingerprint density at radius 1 is 1.33 bits per heavy atom. The van der Waals surface area contributed by atoms with Gasteiger partial charge in [-0.3, -0.25) is 9.78 Å². The number of halogens is 1. The maximum atomic E-state index is 12.0. The van der Waals surface area contributed by atoms with Gasteiger partial charge in [-0.15, -0.1) is 0 Å². The van der Waals surface area contributed by atoms with Crippen LogP contribution in [0.4, 0.5) is 5.69 Å². The number of nitrogens with zero attached hydrogens (tertiary/aromatic N) is 1. The van der Waals surface area contributed by atoms with Gasteiger partial charge in [0.25, 0.3) is 5.91 Å². The van der Waals surface area contributed by atoms with Crippen LogP contribution in [-0.4, -0.2) is 23.5 Å². The van der Waals surface area contributed by atoms with Crippen LogP contribution in [0.1, 0.15) is 10.4 Å². The molecule has 0 bridgehead atoms. The predicted octanol–water partition coefficient (Wildman–Crippen LogP) is 2.39. The molecule has 0 fully saturated rings. The molecule has 1 aliphatic heterocycles. The van der Waals surface area contributed by atoms with E-state index in [4.69, 9.17) is 9.47 Å². The van der Waals surface area contributed by atoms with Crippen LogP contribution in [0, 0.1) is 0 Å². The molecule has 0 unspecified atom stereocenters. The minimum Gasteiger partial charge on any atom is -0.482 e. The number of aromatic nitrogens is 1. The van der Waals surface area contributed by atoms with Crippen LogP contribution in [-0.2, 0) is 4.79 Å². The second kappa shape index (κ2) is 5.53. The van der Waals surface area contributed by atoms with Gasteiger partial charge in [0.15, 0.2) is 6.61 Å². The van der Waals surface area contributed by atoms with Crippen molar-refractivity contribution < 1.29 is 19.1 Å². The van der Waals surface area contributed by atoms with Crippen molar-refractivity contribution in [2.45, 2.75) is 0 Å². The highest BCUT2D eigenvalue weighted by molar-refractivity contribution is 9.10. The molecule has 0 saturated heterocycles. The Hall–Kier alpha value is -2.41. The molecular weight excluding hydrogens is 340 g/mol. The van der Waals surface area contributed by atoms with Crippen molar-refractivity contribution in [2.24, 2.45) is 0 Å². The van der Waals surface area contributed by atoms with E-state index >= 15 is 0 Å². The molecule has 21 heavy (non-hydrogen) atoms. The van der Waals surface area contributed by atoms with Crippen LogP contribution < -0.4 is 14.8 Å². The zero-order valence-electron chi connectivity index (χ0n) is 10.6. The molecule has 0 aliphatic carbocycles. The molecule has 6 nitrogen and oxygen atoms in total. The molecule has 0 atom stereocenters. The predicted molar refractivity (Wildman–Crippen MR) is 77.5 cm³/mol. The number of hydrogen-bond donors (Lipinski definition) is 1. The first-order valence-corrected chi connectivity index (χ1v) is 6.80. The van der Waals surface area contributed by atoms with Gasteiger partial charge in [-0.1, -0.05) is 0 Å². The standard InChI is InChI=1S/C14H9BrN2O4/c15-9-3-8(5-16-6-9)14(19)21-10-1-2-12-11(4-10)17-13(18)7-20-12/h1-6H,7H2,(H,17,18). The lowest BCUT2D eigenvalue weighted by Gasteiger charge is -2.18. The van der Waals surface area contributed by atoms with E-state index in [2.05, 4.69) is 26.2 Å². The fourth-order valence-corrected chi connectivity index (χ4v) is 2.18. The van der Waals surface area contributed by atoms with E-state index in [0.717, 1.165) is 0 Å². The topological polar surface area (TPSA) is 77.5 Å². The number of ether oxygens (including phenoxy) is 2. The molecule has 0 radical (unpaired) electrons. The third-order valence-corrected chi connectivity index (χ3v) is 3.17. The molecule has 2 heterocycles. The van der Waals surface area contributed by atoms with Gasteiger partial charge in [-0.2, -0.15) is 0 Å². The molecule has 1 amide bonds. The summed E-state index contributed by atoms with van der Waals surface area (Å²) in [5.41, 5.74) is 0.797. The molecule has 0 saturated carbocycles. The van der Waals surface area contributed by atoms with Crippen LogP contribution in [0.2, 0.25) is 0 Å². The van der Waals surface area contributed by atoms with E-state index in [-0.39, 0.29) is 12.5 Å². The number of nitrogens with one attached hydrogen (secondary N) is 1. The van der Waals surface area contributed by atoms with E-state index in [1.807, 2.05) is 0 Å². The number of carbonyl (C=O) groups excluding carboxylic acids is 2. The Bertz CT molecular complexity index is 733. The van der Waals surface area contributed by atoms with Crippen molar-refractivity contribution in [3.8, 4) is 11.5 Å². The van der Waals surface area contributed by atoms with Gasteiger partial charge >= 0.3 is 5.97 Å². The van der Waals surface area contributed by atoms with Gasteiger partial charge in [0.2, 0.25) is 0 Å². The highest BCUT2D eigenvalue weighted by atomic mass is 79.9. The van der Waals surface area contributed by atoms with Crippen molar-refractivity contribution in [1.29, 1.82) is 0 Å². The van der Waals surface area contributed by atoms with Crippen molar-refractivity contribution in [3.63, 3.8) is 0 Å². The van der Waals surface area contributed by atoms with Crippen LogP contribution in [0.25, 0.3) is 0 Å². The number of hydrogen-bond acceptors (Lipinski definition) is 5. The molecule has 1 aliphatic rings. The minimum absolute atomic E-state index is 0.0180. The Morgan fingerprint density at radius 3 is 3.00 bits per heavy atom. The average molecular weight is 349 g/mol. The Labute approximate surface area is 128 Å². The van der Waals surface area contributed by atoms with E-state index in [1.165, 1.54) is 12.3 Å². The maximum absolute atomic E-state index is 12.0. The lowest BCUT2D eigenvalue weighted by atomic mass is 10.2. The second-order valence-electron chi connectivity index (χ2n) is 4.28. The summed E-state index contributed by atoms with van der Waals surface area (Å²) in [6.07, 6.45) is 2.99. The molecule has 1 aromatic heterocycles. The van der Waals surface area contributed by atoms with E-state index in [1.54, 1.807) is 24.4 Å². The van der Waals surface area contributed by atoms with E-state index in [9.17, 15) is 9.59 Å². The van der Waals surface area contributed by atoms with E-state index in [0.29, 0.717) is 27.2 Å².